The van der Waals surface area contributed by atoms with Gasteiger partial charge in [-0.3, -0.25) is 4.79 Å². The average Bonchev–Trinajstić information content (AvgIpc) is 3.48. The SMILES string of the molecule is Cn1cnnc1CC1(c2cccc(N3Cc4c(cc(N5CCC(CCO)CC5)cc4C(F)(F)F)C3=O)c2)COC1. The normalized spacial score (nSPS) is 19.2. The second-order valence-electron chi connectivity index (χ2n) is 11.2. The van der Waals surface area contributed by atoms with E-state index in [2.05, 4.69) is 10.2 Å². The van der Waals surface area contributed by atoms with Gasteiger partial charge in [0.15, 0.2) is 0 Å². The summed E-state index contributed by atoms with van der Waals surface area (Å²) >= 11 is 0. The molecule has 2 aromatic carbocycles. The zero-order valence-corrected chi connectivity index (χ0v) is 22.3. The van der Waals surface area contributed by atoms with Gasteiger partial charge >= 0.3 is 6.18 Å². The van der Waals surface area contributed by atoms with E-state index in [4.69, 9.17) is 4.74 Å². The van der Waals surface area contributed by atoms with Gasteiger partial charge in [0.25, 0.3) is 5.91 Å². The van der Waals surface area contributed by atoms with Crippen molar-refractivity contribution in [3.8, 4) is 0 Å². The van der Waals surface area contributed by atoms with Crippen molar-refractivity contribution in [1.82, 2.24) is 14.8 Å². The third-order valence-electron chi connectivity index (χ3n) is 8.68. The minimum absolute atomic E-state index is 0.0163. The standard InChI is InChI=1S/C29H32F3N5O3/c1-35-18-33-34-26(35)14-28(16-40-17-28)20-3-2-4-21(11-20)37-15-24-23(27(37)39)12-22(13-25(24)29(30,31)32)36-8-5-19(6-9-36)7-10-38/h2-4,11-13,18-19,38H,5-10,14-17H2,1H3. The first-order chi connectivity index (χ1) is 19.2. The molecule has 3 aliphatic heterocycles. The fourth-order valence-corrected chi connectivity index (χ4v) is 6.19. The number of alkyl halides is 3. The zero-order valence-electron chi connectivity index (χ0n) is 22.3. The first kappa shape index (κ1) is 26.8. The molecular formula is C29H32F3N5O3. The second kappa shape index (κ2) is 10.2. The highest BCUT2D eigenvalue weighted by Gasteiger charge is 2.44. The molecule has 212 valence electrons. The Labute approximate surface area is 230 Å². The Morgan fingerprint density at radius 2 is 1.90 bits per heavy atom. The van der Waals surface area contributed by atoms with Gasteiger partial charge in [-0.15, -0.1) is 10.2 Å². The first-order valence-corrected chi connectivity index (χ1v) is 13.6. The van der Waals surface area contributed by atoms with E-state index in [1.54, 1.807) is 18.5 Å². The predicted octanol–water partition coefficient (Wildman–Crippen LogP) is 4.10. The number of piperidine rings is 1. The second-order valence-corrected chi connectivity index (χ2v) is 11.2. The van der Waals surface area contributed by atoms with Crippen LogP contribution in [0.4, 0.5) is 24.5 Å². The number of aliphatic hydroxyl groups is 1. The lowest BCUT2D eigenvalue weighted by atomic mass is 9.75. The van der Waals surface area contributed by atoms with Crippen LogP contribution in [0.1, 0.15) is 52.1 Å². The number of amides is 1. The van der Waals surface area contributed by atoms with Crippen molar-refractivity contribution < 1.29 is 27.8 Å². The highest BCUT2D eigenvalue weighted by molar-refractivity contribution is 6.11. The number of aliphatic hydroxyl groups excluding tert-OH is 1. The number of aromatic nitrogens is 3. The van der Waals surface area contributed by atoms with Gasteiger partial charge < -0.3 is 24.2 Å². The fourth-order valence-electron chi connectivity index (χ4n) is 6.19. The Hall–Kier alpha value is -3.44. The molecule has 1 N–H and O–H groups in total. The highest BCUT2D eigenvalue weighted by Crippen LogP contribution is 2.43. The molecule has 0 unspecified atom stereocenters. The summed E-state index contributed by atoms with van der Waals surface area (Å²) in [5.74, 6) is 0.739. The van der Waals surface area contributed by atoms with Gasteiger partial charge in [0.05, 0.1) is 25.3 Å². The summed E-state index contributed by atoms with van der Waals surface area (Å²) in [5.41, 5.74) is 0.949. The van der Waals surface area contributed by atoms with Crippen LogP contribution in [0.25, 0.3) is 0 Å². The van der Waals surface area contributed by atoms with E-state index < -0.39 is 17.6 Å². The Morgan fingerprint density at radius 3 is 2.52 bits per heavy atom. The lowest BCUT2D eigenvalue weighted by Crippen LogP contribution is -2.49. The minimum atomic E-state index is -4.59. The van der Waals surface area contributed by atoms with Crippen molar-refractivity contribution in [1.29, 1.82) is 0 Å². The van der Waals surface area contributed by atoms with Crippen molar-refractivity contribution in [2.75, 3.05) is 42.7 Å². The lowest BCUT2D eigenvalue weighted by molar-refractivity contribution is -0.138. The number of fused-ring (bicyclic) bond motifs is 1. The van der Waals surface area contributed by atoms with E-state index in [9.17, 15) is 23.1 Å². The van der Waals surface area contributed by atoms with Crippen LogP contribution in [0.5, 0.6) is 0 Å². The zero-order chi connectivity index (χ0) is 28.1. The number of hydrogen-bond acceptors (Lipinski definition) is 6. The highest BCUT2D eigenvalue weighted by atomic mass is 19.4. The van der Waals surface area contributed by atoms with Crippen molar-refractivity contribution >= 4 is 17.3 Å². The fraction of sp³-hybridized carbons (Fsp3) is 0.483. The predicted molar refractivity (Wildman–Crippen MR) is 142 cm³/mol. The monoisotopic (exact) mass is 555 g/mol. The van der Waals surface area contributed by atoms with Gasteiger partial charge in [0, 0.05) is 55.5 Å². The maximum Gasteiger partial charge on any atom is 0.416 e. The van der Waals surface area contributed by atoms with Gasteiger partial charge in [-0.2, -0.15) is 13.2 Å². The Morgan fingerprint density at radius 1 is 1.12 bits per heavy atom. The molecule has 11 heteroatoms. The molecule has 0 saturated carbocycles. The van der Waals surface area contributed by atoms with Crippen LogP contribution in [0.2, 0.25) is 0 Å². The van der Waals surface area contributed by atoms with Gasteiger partial charge in [-0.25, -0.2) is 0 Å². The van der Waals surface area contributed by atoms with Crippen molar-refractivity contribution in [3.63, 3.8) is 0 Å². The number of aryl methyl sites for hydroxylation is 1. The number of rotatable bonds is 7. The molecule has 3 aromatic rings. The number of carbonyl (C=O) groups is 1. The molecule has 4 heterocycles. The van der Waals surface area contributed by atoms with E-state index in [-0.39, 0.29) is 29.7 Å². The van der Waals surface area contributed by atoms with Crippen molar-refractivity contribution in [2.45, 2.75) is 43.8 Å². The summed E-state index contributed by atoms with van der Waals surface area (Å²) in [5, 5.41) is 17.4. The third-order valence-corrected chi connectivity index (χ3v) is 8.68. The van der Waals surface area contributed by atoms with E-state index in [0.717, 1.165) is 24.2 Å². The number of anilines is 2. The summed E-state index contributed by atoms with van der Waals surface area (Å²) in [4.78, 5) is 17.0. The summed E-state index contributed by atoms with van der Waals surface area (Å²) in [6, 6.07) is 10.3. The van der Waals surface area contributed by atoms with Crippen LogP contribution in [0.3, 0.4) is 0 Å². The van der Waals surface area contributed by atoms with E-state index >= 15 is 0 Å². The van der Waals surface area contributed by atoms with Crippen molar-refractivity contribution in [3.05, 3.63) is 70.8 Å². The Bertz CT molecular complexity index is 1410. The molecule has 3 aliphatic rings. The van der Waals surface area contributed by atoms with E-state index in [1.807, 2.05) is 34.7 Å². The minimum Gasteiger partial charge on any atom is -0.396 e. The third kappa shape index (κ3) is 4.75. The lowest BCUT2D eigenvalue weighted by Gasteiger charge is -2.42. The first-order valence-electron chi connectivity index (χ1n) is 13.6. The van der Waals surface area contributed by atoms with Crippen LogP contribution < -0.4 is 9.80 Å². The molecule has 0 aliphatic carbocycles. The van der Waals surface area contributed by atoms with Crippen LogP contribution >= 0.6 is 0 Å². The van der Waals surface area contributed by atoms with Gasteiger partial charge in [0.1, 0.15) is 12.2 Å². The van der Waals surface area contributed by atoms with Gasteiger partial charge in [-0.05, 0) is 60.6 Å². The van der Waals surface area contributed by atoms with Gasteiger partial charge in [0.2, 0.25) is 0 Å². The van der Waals surface area contributed by atoms with E-state index in [1.165, 1.54) is 11.0 Å². The smallest absolute Gasteiger partial charge is 0.396 e. The topological polar surface area (TPSA) is 83.7 Å². The number of halogens is 3. The molecule has 8 nitrogen and oxygen atoms in total. The van der Waals surface area contributed by atoms with Crippen LogP contribution in [-0.2, 0) is 36.3 Å². The Kier molecular flexibility index (Phi) is 6.82. The molecule has 0 radical (unpaired) electrons. The van der Waals surface area contributed by atoms with Crippen LogP contribution in [-0.4, -0.2) is 58.7 Å². The quantitative estimate of drug-likeness (QED) is 0.473. The number of ether oxygens (including phenoxy) is 1. The summed E-state index contributed by atoms with van der Waals surface area (Å²) in [7, 11) is 1.88. The molecule has 6 rings (SSSR count). The summed E-state index contributed by atoms with van der Waals surface area (Å²) < 4.78 is 50.3. The van der Waals surface area contributed by atoms with Crippen LogP contribution in [0.15, 0.2) is 42.7 Å². The summed E-state index contributed by atoms with van der Waals surface area (Å²) in [6.07, 6.45) is -0.0564. The molecular weight excluding hydrogens is 523 g/mol. The number of benzene rings is 2. The number of nitrogens with zero attached hydrogens (tertiary/aromatic N) is 5. The molecule has 1 aromatic heterocycles. The molecule has 2 fully saturated rings. The van der Waals surface area contributed by atoms with Crippen LogP contribution in [0, 0.1) is 5.92 Å². The molecule has 40 heavy (non-hydrogen) atoms. The largest absolute Gasteiger partial charge is 0.416 e. The number of carbonyl (C=O) groups excluding carboxylic acids is 1. The van der Waals surface area contributed by atoms with E-state index in [0.29, 0.717) is 56.4 Å². The molecule has 0 bridgehead atoms. The molecule has 2 saturated heterocycles. The summed E-state index contributed by atoms with van der Waals surface area (Å²) in [6.45, 7) is 2.12. The van der Waals surface area contributed by atoms with Crippen molar-refractivity contribution in [2.24, 2.45) is 13.0 Å². The molecule has 0 atom stereocenters. The molecule has 1 amide bonds. The maximum absolute atomic E-state index is 14.3. The maximum atomic E-state index is 14.3. The molecule has 0 spiro atoms. The average molecular weight is 556 g/mol. The van der Waals surface area contributed by atoms with Gasteiger partial charge in [-0.1, -0.05) is 12.1 Å². The number of hydrogen-bond donors (Lipinski definition) is 1. The Balaban J connectivity index is 1.30.